The fraction of sp³-hybridized carbons (Fsp3) is 0.696. The molecule has 0 saturated carbocycles. The van der Waals surface area contributed by atoms with Crippen LogP contribution in [0.15, 0.2) is 23.2 Å². The number of rotatable bonds is 10. The average Bonchev–Trinajstić information content (AvgIpc) is 3.27. The lowest BCUT2D eigenvalue weighted by Crippen LogP contribution is -2.44. The molecule has 182 valence electrons. The number of nitrogens with zero attached hydrogens (tertiary/aromatic N) is 3. The maximum absolute atomic E-state index is 5.42. The average molecular weight is 562 g/mol. The molecule has 2 N–H and O–H groups in total. The first kappa shape index (κ1) is 26.8. The minimum absolute atomic E-state index is 0. The van der Waals surface area contributed by atoms with E-state index in [1.54, 1.807) is 14.2 Å². The molecule has 2 heterocycles. The van der Waals surface area contributed by atoms with E-state index >= 15 is 0 Å². The van der Waals surface area contributed by atoms with Gasteiger partial charge in [-0.3, -0.25) is 9.89 Å². The first-order chi connectivity index (χ1) is 15.2. The van der Waals surface area contributed by atoms with Crippen LogP contribution in [0.1, 0.15) is 26.2 Å². The summed E-state index contributed by atoms with van der Waals surface area (Å²) < 4.78 is 16.3. The molecule has 0 spiro atoms. The Bertz CT molecular complexity index is 678. The van der Waals surface area contributed by atoms with Crippen LogP contribution >= 0.6 is 24.0 Å². The molecule has 0 bridgehead atoms. The molecule has 1 atom stereocenters. The number of anilines is 1. The monoisotopic (exact) mass is 561 g/mol. The zero-order chi connectivity index (χ0) is 21.9. The predicted molar refractivity (Wildman–Crippen MR) is 141 cm³/mol. The van der Waals surface area contributed by atoms with Crippen molar-refractivity contribution in [1.29, 1.82) is 0 Å². The van der Waals surface area contributed by atoms with E-state index in [9.17, 15) is 0 Å². The highest BCUT2D eigenvalue weighted by Gasteiger charge is 2.24. The largest absolute Gasteiger partial charge is 0.497 e. The van der Waals surface area contributed by atoms with E-state index in [0.29, 0.717) is 6.04 Å². The first-order valence-electron chi connectivity index (χ1n) is 11.5. The molecule has 1 aromatic rings. The van der Waals surface area contributed by atoms with E-state index in [4.69, 9.17) is 19.2 Å². The zero-order valence-corrected chi connectivity index (χ0v) is 22.1. The van der Waals surface area contributed by atoms with Crippen LogP contribution in [-0.2, 0) is 4.74 Å². The smallest absolute Gasteiger partial charge is 0.191 e. The Hall–Kier alpha value is -1.46. The molecule has 32 heavy (non-hydrogen) atoms. The second kappa shape index (κ2) is 14.6. The van der Waals surface area contributed by atoms with E-state index < -0.39 is 0 Å². The second-order valence-electron chi connectivity index (χ2n) is 8.07. The summed E-state index contributed by atoms with van der Waals surface area (Å²) in [6.45, 7) is 10.7. The molecule has 0 amide bonds. The Morgan fingerprint density at radius 1 is 1.09 bits per heavy atom. The highest BCUT2D eigenvalue weighted by molar-refractivity contribution is 14.0. The SMILES string of the molecule is CCNC(=NCCCCN1CCOCC1)NC1CCN(c2cc(OC)cc(OC)c2)C1.I. The summed E-state index contributed by atoms with van der Waals surface area (Å²) in [4.78, 5) is 9.66. The van der Waals surface area contributed by atoms with Gasteiger partial charge in [-0.1, -0.05) is 0 Å². The van der Waals surface area contributed by atoms with Gasteiger partial charge in [0.1, 0.15) is 11.5 Å². The van der Waals surface area contributed by atoms with Gasteiger partial charge in [-0.2, -0.15) is 0 Å². The summed E-state index contributed by atoms with van der Waals surface area (Å²) in [5, 5.41) is 7.02. The van der Waals surface area contributed by atoms with Gasteiger partial charge in [0.05, 0.1) is 27.4 Å². The van der Waals surface area contributed by atoms with Crippen molar-refractivity contribution in [3.63, 3.8) is 0 Å². The van der Waals surface area contributed by atoms with Crippen LogP contribution in [0.3, 0.4) is 0 Å². The van der Waals surface area contributed by atoms with Crippen molar-refractivity contribution < 1.29 is 14.2 Å². The molecule has 9 heteroatoms. The van der Waals surface area contributed by atoms with Gasteiger partial charge in [-0.25, -0.2) is 0 Å². The van der Waals surface area contributed by atoms with Gasteiger partial charge in [0, 0.05) is 69.2 Å². The van der Waals surface area contributed by atoms with E-state index in [1.807, 2.05) is 6.07 Å². The molecule has 2 saturated heterocycles. The molecule has 2 aliphatic heterocycles. The Kier molecular flexibility index (Phi) is 12.3. The number of methoxy groups -OCH3 is 2. The lowest BCUT2D eigenvalue weighted by atomic mass is 10.2. The van der Waals surface area contributed by atoms with Crippen LogP contribution in [0.4, 0.5) is 5.69 Å². The summed E-state index contributed by atoms with van der Waals surface area (Å²) >= 11 is 0. The third kappa shape index (κ3) is 8.47. The Morgan fingerprint density at radius 3 is 2.47 bits per heavy atom. The quantitative estimate of drug-likeness (QED) is 0.197. The van der Waals surface area contributed by atoms with E-state index in [-0.39, 0.29) is 24.0 Å². The van der Waals surface area contributed by atoms with Crippen molar-refractivity contribution in [2.75, 3.05) is 78.1 Å². The summed E-state index contributed by atoms with van der Waals surface area (Å²) in [5.74, 6) is 2.56. The second-order valence-corrected chi connectivity index (χ2v) is 8.07. The van der Waals surface area contributed by atoms with Gasteiger partial charge in [0.2, 0.25) is 0 Å². The summed E-state index contributed by atoms with van der Waals surface area (Å²) in [6.07, 6.45) is 3.35. The van der Waals surface area contributed by atoms with Crippen LogP contribution < -0.4 is 25.0 Å². The molecule has 0 aliphatic carbocycles. The standard InChI is InChI=1S/C23H39N5O3.HI/c1-4-24-23(25-8-5-6-9-27-11-13-31-14-12-27)26-19-7-10-28(18-19)20-15-21(29-2)17-22(16-20)30-3;/h15-17,19H,4-14,18H2,1-3H3,(H2,24,25,26);1H. The van der Waals surface area contributed by atoms with E-state index in [2.05, 4.69) is 39.5 Å². The number of unbranched alkanes of at least 4 members (excludes halogenated alkanes) is 1. The highest BCUT2D eigenvalue weighted by Crippen LogP contribution is 2.30. The molecule has 0 radical (unpaired) electrons. The third-order valence-corrected chi connectivity index (χ3v) is 5.83. The van der Waals surface area contributed by atoms with Crippen LogP contribution in [0.25, 0.3) is 0 Å². The van der Waals surface area contributed by atoms with Crippen molar-refractivity contribution in [1.82, 2.24) is 15.5 Å². The van der Waals surface area contributed by atoms with Crippen LogP contribution in [0.5, 0.6) is 11.5 Å². The van der Waals surface area contributed by atoms with Crippen molar-refractivity contribution in [3.05, 3.63) is 18.2 Å². The Balaban J connectivity index is 0.00000363. The Morgan fingerprint density at radius 2 is 1.81 bits per heavy atom. The number of guanidine groups is 1. The molecule has 0 aromatic heterocycles. The molecular formula is C23H40IN5O3. The first-order valence-corrected chi connectivity index (χ1v) is 11.5. The Labute approximate surface area is 210 Å². The molecule has 2 aliphatic rings. The van der Waals surface area contributed by atoms with Gasteiger partial charge in [-0.05, 0) is 32.7 Å². The van der Waals surface area contributed by atoms with Gasteiger partial charge in [-0.15, -0.1) is 24.0 Å². The molecule has 3 rings (SSSR count). The summed E-state index contributed by atoms with van der Waals surface area (Å²) in [6, 6.07) is 6.41. The third-order valence-electron chi connectivity index (χ3n) is 5.83. The molecule has 1 aromatic carbocycles. The molecule has 8 nitrogen and oxygen atoms in total. The van der Waals surface area contributed by atoms with Crippen molar-refractivity contribution in [2.45, 2.75) is 32.2 Å². The van der Waals surface area contributed by atoms with Crippen LogP contribution in [0.2, 0.25) is 0 Å². The number of hydrogen-bond acceptors (Lipinski definition) is 6. The minimum atomic E-state index is 0. The number of halogens is 1. The molecule has 2 fully saturated rings. The number of benzene rings is 1. The predicted octanol–water partition coefficient (Wildman–Crippen LogP) is 2.57. The normalized spacial score (nSPS) is 19.4. The zero-order valence-electron chi connectivity index (χ0n) is 19.8. The fourth-order valence-corrected chi connectivity index (χ4v) is 4.06. The minimum Gasteiger partial charge on any atom is -0.497 e. The van der Waals surface area contributed by atoms with Crippen molar-refractivity contribution in [3.8, 4) is 11.5 Å². The number of nitrogens with one attached hydrogen (secondary N) is 2. The fourth-order valence-electron chi connectivity index (χ4n) is 4.06. The maximum Gasteiger partial charge on any atom is 0.191 e. The summed E-state index contributed by atoms with van der Waals surface area (Å²) in [7, 11) is 3.38. The number of aliphatic imine (C=N–C) groups is 1. The number of ether oxygens (including phenoxy) is 3. The van der Waals surface area contributed by atoms with Gasteiger partial charge in [0.25, 0.3) is 0 Å². The van der Waals surface area contributed by atoms with Crippen LogP contribution in [0, 0.1) is 0 Å². The summed E-state index contributed by atoms with van der Waals surface area (Å²) in [5.41, 5.74) is 1.13. The number of morpholine rings is 1. The van der Waals surface area contributed by atoms with Crippen LogP contribution in [-0.4, -0.2) is 90.1 Å². The van der Waals surface area contributed by atoms with Gasteiger partial charge < -0.3 is 29.7 Å². The van der Waals surface area contributed by atoms with Gasteiger partial charge in [0.15, 0.2) is 5.96 Å². The molecule has 1 unspecified atom stereocenters. The van der Waals surface area contributed by atoms with E-state index in [0.717, 1.165) is 95.0 Å². The topological polar surface area (TPSA) is 70.6 Å². The van der Waals surface area contributed by atoms with Crippen molar-refractivity contribution in [2.24, 2.45) is 4.99 Å². The highest BCUT2D eigenvalue weighted by atomic mass is 127. The van der Waals surface area contributed by atoms with E-state index in [1.165, 1.54) is 6.42 Å². The van der Waals surface area contributed by atoms with Gasteiger partial charge >= 0.3 is 0 Å². The number of hydrogen-bond donors (Lipinski definition) is 2. The molecular weight excluding hydrogens is 521 g/mol. The maximum atomic E-state index is 5.42. The lowest BCUT2D eigenvalue weighted by molar-refractivity contribution is 0.0373. The van der Waals surface area contributed by atoms with Crippen molar-refractivity contribution >= 4 is 35.6 Å². The lowest BCUT2D eigenvalue weighted by Gasteiger charge is -2.26.